The number of methoxy groups -OCH3 is 1. The number of carboxylic acid groups (broad SMARTS) is 1. The minimum Gasteiger partial charge on any atom is -0.480 e. The van der Waals surface area contributed by atoms with Crippen LogP contribution in [-0.2, 0) is 20.9 Å². The van der Waals surface area contributed by atoms with Crippen LogP contribution in [0.5, 0.6) is 0 Å². The van der Waals surface area contributed by atoms with E-state index in [4.69, 9.17) is 14.6 Å². The number of carbonyl (C=O) groups excluding carboxylic acids is 1. The van der Waals surface area contributed by atoms with Crippen LogP contribution in [0.3, 0.4) is 0 Å². The molecule has 0 bridgehead atoms. The summed E-state index contributed by atoms with van der Waals surface area (Å²) in [5.74, 6) is -2.22. The molecule has 0 spiro atoms. The summed E-state index contributed by atoms with van der Waals surface area (Å²) in [6.07, 6.45) is 0. The number of nitrogens with one attached hydrogen (secondary N) is 1. The lowest BCUT2D eigenvalue weighted by atomic mass is 10.1. The van der Waals surface area contributed by atoms with Gasteiger partial charge in [0.25, 0.3) is 5.91 Å². The van der Waals surface area contributed by atoms with E-state index in [1.807, 2.05) is 0 Å². The summed E-state index contributed by atoms with van der Waals surface area (Å²) in [6, 6.07) is 2.75. The van der Waals surface area contributed by atoms with E-state index in [0.717, 1.165) is 6.07 Å². The number of amides is 1. The first-order valence-corrected chi connectivity index (χ1v) is 6.34. The molecule has 0 aromatic heterocycles. The van der Waals surface area contributed by atoms with Gasteiger partial charge in [-0.1, -0.05) is 0 Å². The first-order chi connectivity index (χ1) is 9.95. The molecule has 0 saturated carbocycles. The molecular weight excluding hydrogens is 281 g/mol. The SMILES string of the molecule is COCCOCc1cc(C(=O)N[C@H](C)C(=O)O)ccc1F. The molecule has 2 N–H and O–H groups in total. The van der Waals surface area contributed by atoms with Crippen LogP contribution in [0.15, 0.2) is 18.2 Å². The van der Waals surface area contributed by atoms with Crippen molar-refractivity contribution in [2.75, 3.05) is 20.3 Å². The van der Waals surface area contributed by atoms with Gasteiger partial charge in [-0.05, 0) is 25.1 Å². The molecule has 1 atom stereocenters. The molecule has 1 amide bonds. The molecule has 0 saturated heterocycles. The molecule has 0 aliphatic rings. The zero-order valence-electron chi connectivity index (χ0n) is 11.9. The standard InChI is InChI=1S/C14H18FNO5/c1-9(14(18)19)16-13(17)10-3-4-12(15)11(7-10)8-21-6-5-20-2/h3-4,7,9H,5-6,8H2,1-2H3,(H,16,17)(H,18,19)/t9-/m1/s1. The van der Waals surface area contributed by atoms with Crippen molar-refractivity contribution in [1.29, 1.82) is 0 Å². The highest BCUT2D eigenvalue weighted by Crippen LogP contribution is 2.12. The molecule has 0 heterocycles. The van der Waals surface area contributed by atoms with Crippen molar-refractivity contribution in [1.82, 2.24) is 5.32 Å². The summed E-state index contributed by atoms with van der Waals surface area (Å²) >= 11 is 0. The number of aliphatic carboxylic acids is 1. The number of hydrogen-bond donors (Lipinski definition) is 2. The molecule has 1 aromatic rings. The van der Waals surface area contributed by atoms with E-state index < -0.39 is 23.7 Å². The zero-order chi connectivity index (χ0) is 15.8. The average Bonchev–Trinajstić information content (AvgIpc) is 2.45. The number of benzene rings is 1. The minimum absolute atomic E-state index is 0.00476. The Morgan fingerprint density at radius 1 is 1.38 bits per heavy atom. The Bertz CT molecular complexity index is 506. The molecule has 6 nitrogen and oxygen atoms in total. The van der Waals surface area contributed by atoms with Gasteiger partial charge in [-0.3, -0.25) is 9.59 Å². The van der Waals surface area contributed by atoms with Gasteiger partial charge < -0.3 is 19.9 Å². The molecule has 116 valence electrons. The Morgan fingerprint density at radius 2 is 2.10 bits per heavy atom. The Morgan fingerprint density at radius 3 is 2.71 bits per heavy atom. The molecule has 0 aliphatic carbocycles. The predicted molar refractivity (Wildman–Crippen MR) is 72.5 cm³/mol. The van der Waals surface area contributed by atoms with Gasteiger partial charge >= 0.3 is 5.97 Å². The van der Waals surface area contributed by atoms with Gasteiger partial charge in [0.2, 0.25) is 0 Å². The second-order valence-electron chi connectivity index (χ2n) is 4.38. The van der Waals surface area contributed by atoms with E-state index in [1.54, 1.807) is 0 Å². The molecule has 0 aliphatic heterocycles. The summed E-state index contributed by atoms with van der Waals surface area (Å²) in [4.78, 5) is 22.5. The maximum atomic E-state index is 13.6. The quantitative estimate of drug-likeness (QED) is 0.704. The molecule has 7 heteroatoms. The summed E-state index contributed by atoms with van der Waals surface area (Å²) in [5.41, 5.74) is 0.400. The van der Waals surface area contributed by atoms with Gasteiger partial charge in [0.05, 0.1) is 19.8 Å². The molecule has 0 fully saturated rings. The van der Waals surface area contributed by atoms with Crippen LogP contribution in [0.4, 0.5) is 4.39 Å². The maximum Gasteiger partial charge on any atom is 0.325 e. The number of rotatable bonds is 8. The maximum absolute atomic E-state index is 13.6. The number of halogens is 1. The monoisotopic (exact) mass is 299 g/mol. The van der Waals surface area contributed by atoms with E-state index in [2.05, 4.69) is 5.32 Å². The lowest BCUT2D eigenvalue weighted by molar-refractivity contribution is -0.138. The predicted octanol–water partition coefficient (Wildman–Crippen LogP) is 1.19. The molecule has 0 unspecified atom stereocenters. The summed E-state index contributed by atoms with van der Waals surface area (Å²) < 4.78 is 23.6. The zero-order valence-corrected chi connectivity index (χ0v) is 11.9. The average molecular weight is 299 g/mol. The fraction of sp³-hybridized carbons (Fsp3) is 0.429. The van der Waals surface area contributed by atoms with Crippen LogP contribution in [0, 0.1) is 5.82 Å². The van der Waals surface area contributed by atoms with Crippen molar-refractivity contribution in [3.05, 3.63) is 35.1 Å². The largest absolute Gasteiger partial charge is 0.480 e. The number of carbonyl (C=O) groups is 2. The summed E-state index contributed by atoms with van der Waals surface area (Å²) in [6.45, 7) is 2.05. The molecular formula is C14H18FNO5. The van der Waals surface area contributed by atoms with Crippen molar-refractivity contribution >= 4 is 11.9 Å². The fourth-order valence-electron chi connectivity index (χ4n) is 1.49. The highest BCUT2D eigenvalue weighted by Gasteiger charge is 2.16. The Kier molecular flexibility index (Phi) is 6.77. The van der Waals surface area contributed by atoms with Crippen LogP contribution in [0.1, 0.15) is 22.8 Å². The Hall–Kier alpha value is -1.99. The van der Waals surface area contributed by atoms with E-state index in [-0.39, 0.29) is 17.7 Å². The number of carboxylic acids is 1. The third-order valence-corrected chi connectivity index (χ3v) is 2.72. The van der Waals surface area contributed by atoms with Gasteiger partial charge in [0, 0.05) is 18.2 Å². The van der Waals surface area contributed by atoms with E-state index in [9.17, 15) is 14.0 Å². The van der Waals surface area contributed by atoms with Crippen LogP contribution < -0.4 is 5.32 Å². The second kappa shape index (κ2) is 8.33. The second-order valence-corrected chi connectivity index (χ2v) is 4.38. The number of hydrogen-bond acceptors (Lipinski definition) is 4. The minimum atomic E-state index is -1.14. The smallest absolute Gasteiger partial charge is 0.325 e. The van der Waals surface area contributed by atoms with Crippen LogP contribution >= 0.6 is 0 Å². The fourth-order valence-corrected chi connectivity index (χ4v) is 1.49. The van der Waals surface area contributed by atoms with E-state index >= 15 is 0 Å². The first kappa shape index (κ1) is 17.1. The van der Waals surface area contributed by atoms with Crippen LogP contribution in [-0.4, -0.2) is 43.3 Å². The van der Waals surface area contributed by atoms with E-state index in [1.165, 1.54) is 26.2 Å². The summed E-state index contributed by atoms with van der Waals surface area (Å²) in [7, 11) is 1.53. The lowest BCUT2D eigenvalue weighted by Gasteiger charge is -2.11. The van der Waals surface area contributed by atoms with Crippen molar-refractivity contribution in [3.8, 4) is 0 Å². The summed E-state index contributed by atoms with van der Waals surface area (Å²) in [5, 5.41) is 11.0. The van der Waals surface area contributed by atoms with Gasteiger partial charge in [0.1, 0.15) is 11.9 Å². The van der Waals surface area contributed by atoms with Gasteiger partial charge in [0.15, 0.2) is 0 Å². The topological polar surface area (TPSA) is 84.9 Å². The Balaban J connectivity index is 2.71. The van der Waals surface area contributed by atoms with E-state index in [0.29, 0.717) is 13.2 Å². The number of ether oxygens (including phenoxy) is 2. The molecule has 1 aromatic carbocycles. The highest BCUT2D eigenvalue weighted by atomic mass is 19.1. The third kappa shape index (κ3) is 5.49. The van der Waals surface area contributed by atoms with Crippen LogP contribution in [0.2, 0.25) is 0 Å². The molecule has 1 rings (SSSR count). The third-order valence-electron chi connectivity index (χ3n) is 2.72. The van der Waals surface area contributed by atoms with Gasteiger partial charge in [-0.25, -0.2) is 4.39 Å². The normalized spacial score (nSPS) is 12.0. The highest BCUT2D eigenvalue weighted by molar-refractivity contribution is 5.96. The molecule has 21 heavy (non-hydrogen) atoms. The van der Waals surface area contributed by atoms with Crippen molar-refractivity contribution < 1.29 is 28.6 Å². The first-order valence-electron chi connectivity index (χ1n) is 6.34. The van der Waals surface area contributed by atoms with Gasteiger partial charge in [-0.15, -0.1) is 0 Å². The van der Waals surface area contributed by atoms with Crippen LogP contribution in [0.25, 0.3) is 0 Å². The Labute approximate surface area is 121 Å². The van der Waals surface area contributed by atoms with Gasteiger partial charge in [-0.2, -0.15) is 0 Å². The van der Waals surface area contributed by atoms with Crippen molar-refractivity contribution in [2.45, 2.75) is 19.6 Å². The molecule has 0 radical (unpaired) electrons. The van der Waals surface area contributed by atoms with Crippen molar-refractivity contribution in [2.24, 2.45) is 0 Å². The van der Waals surface area contributed by atoms with Crippen molar-refractivity contribution in [3.63, 3.8) is 0 Å². The lowest BCUT2D eigenvalue weighted by Crippen LogP contribution is -2.38.